The SMILES string of the molecule is COc1cccc(C2SCC(=O)N2/N=C2/C(=O)Nc3ccccc32)c1OC. The van der Waals surface area contributed by atoms with Crippen LogP contribution < -0.4 is 14.8 Å². The van der Waals surface area contributed by atoms with Crippen LogP contribution in [0.4, 0.5) is 5.69 Å². The zero-order valence-corrected chi connectivity index (χ0v) is 15.6. The van der Waals surface area contributed by atoms with Crippen molar-refractivity contribution in [3.8, 4) is 11.5 Å². The molecule has 1 unspecified atom stereocenters. The van der Waals surface area contributed by atoms with Gasteiger partial charge in [0.05, 0.1) is 25.7 Å². The van der Waals surface area contributed by atoms with Crippen LogP contribution in [0.15, 0.2) is 47.6 Å². The number of methoxy groups -OCH3 is 2. The van der Waals surface area contributed by atoms with Crippen molar-refractivity contribution in [2.75, 3.05) is 25.3 Å². The summed E-state index contributed by atoms with van der Waals surface area (Å²) in [6.07, 6.45) is 0. The number of ether oxygens (including phenoxy) is 2. The van der Waals surface area contributed by atoms with Gasteiger partial charge in [0.15, 0.2) is 17.2 Å². The first kappa shape index (κ1) is 17.4. The normalized spacial score (nSPS) is 20.0. The van der Waals surface area contributed by atoms with E-state index in [1.807, 2.05) is 24.3 Å². The molecule has 2 heterocycles. The topological polar surface area (TPSA) is 80.2 Å². The molecule has 1 saturated heterocycles. The van der Waals surface area contributed by atoms with Gasteiger partial charge in [-0.05, 0) is 12.1 Å². The van der Waals surface area contributed by atoms with E-state index < -0.39 is 5.37 Å². The second kappa shape index (κ2) is 6.96. The summed E-state index contributed by atoms with van der Waals surface area (Å²) in [6.45, 7) is 0. The number of rotatable bonds is 4. The summed E-state index contributed by atoms with van der Waals surface area (Å²) in [5.41, 5.74) is 2.37. The van der Waals surface area contributed by atoms with E-state index in [0.29, 0.717) is 22.7 Å². The number of hydrogen-bond donors (Lipinski definition) is 1. The fourth-order valence-electron chi connectivity index (χ4n) is 3.16. The number of nitrogens with one attached hydrogen (secondary N) is 1. The maximum Gasteiger partial charge on any atom is 0.276 e. The minimum atomic E-state index is -0.407. The predicted molar refractivity (Wildman–Crippen MR) is 103 cm³/mol. The lowest BCUT2D eigenvalue weighted by Gasteiger charge is -2.22. The number of hydrazone groups is 1. The Balaban J connectivity index is 1.77. The summed E-state index contributed by atoms with van der Waals surface area (Å²) >= 11 is 1.43. The molecule has 2 aromatic rings. The molecule has 0 spiro atoms. The molecule has 7 nitrogen and oxygen atoms in total. The fraction of sp³-hybridized carbons (Fsp3) is 0.211. The number of hydrogen-bond acceptors (Lipinski definition) is 6. The first-order valence-corrected chi connectivity index (χ1v) is 9.33. The Hall–Kier alpha value is -3.00. The van der Waals surface area contributed by atoms with E-state index >= 15 is 0 Å². The number of benzene rings is 2. The van der Waals surface area contributed by atoms with Gasteiger partial charge in [-0.3, -0.25) is 9.59 Å². The van der Waals surface area contributed by atoms with Crippen molar-refractivity contribution < 1.29 is 19.1 Å². The number of amides is 2. The van der Waals surface area contributed by atoms with Crippen molar-refractivity contribution in [3.63, 3.8) is 0 Å². The highest BCUT2D eigenvalue weighted by Gasteiger charge is 2.37. The zero-order valence-electron chi connectivity index (χ0n) is 14.8. The van der Waals surface area contributed by atoms with Gasteiger partial charge in [0, 0.05) is 11.1 Å². The average molecular weight is 383 g/mol. The number of para-hydroxylation sites is 2. The summed E-state index contributed by atoms with van der Waals surface area (Å²) < 4.78 is 10.9. The summed E-state index contributed by atoms with van der Waals surface area (Å²) in [6, 6.07) is 12.8. The Morgan fingerprint density at radius 3 is 2.70 bits per heavy atom. The highest BCUT2D eigenvalue weighted by atomic mass is 32.2. The lowest BCUT2D eigenvalue weighted by atomic mass is 10.1. The van der Waals surface area contributed by atoms with Crippen molar-refractivity contribution in [2.24, 2.45) is 5.10 Å². The monoisotopic (exact) mass is 383 g/mol. The maximum atomic E-state index is 12.5. The molecule has 0 aromatic heterocycles. The summed E-state index contributed by atoms with van der Waals surface area (Å²) in [7, 11) is 3.12. The van der Waals surface area contributed by atoms with Crippen LogP contribution in [0, 0.1) is 0 Å². The number of carbonyl (C=O) groups is 2. The molecule has 0 aliphatic carbocycles. The number of carbonyl (C=O) groups excluding carboxylic acids is 2. The molecule has 138 valence electrons. The molecule has 1 N–H and O–H groups in total. The Labute approximate surface area is 160 Å². The predicted octanol–water partition coefficient (Wildman–Crippen LogP) is 2.63. The van der Waals surface area contributed by atoms with Gasteiger partial charge < -0.3 is 14.8 Å². The van der Waals surface area contributed by atoms with Crippen molar-refractivity contribution >= 4 is 35.0 Å². The molecular formula is C19H17N3O4S. The molecule has 0 saturated carbocycles. The molecule has 8 heteroatoms. The minimum Gasteiger partial charge on any atom is -0.493 e. The summed E-state index contributed by atoms with van der Waals surface area (Å²) in [5.74, 6) is 0.905. The van der Waals surface area contributed by atoms with E-state index in [1.165, 1.54) is 16.8 Å². The third-order valence-corrected chi connectivity index (χ3v) is 5.58. The van der Waals surface area contributed by atoms with E-state index in [-0.39, 0.29) is 23.3 Å². The van der Waals surface area contributed by atoms with Crippen molar-refractivity contribution in [1.29, 1.82) is 0 Å². The molecule has 2 aliphatic rings. The molecule has 0 bridgehead atoms. The summed E-state index contributed by atoms with van der Waals surface area (Å²) in [5, 5.41) is 8.16. The highest BCUT2D eigenvalue weighted by molar-refractivity contribution is 8.00. The van der Waals surface area contributed by atoms with Crippen molar-refractivity contribution in [3.05, 3.63) is 53.6 Å². The molecule has 4 rings (SSSR count). The molecule has 27 heavy (non-hydrogen) atoms. The number of nitrogens with zero attached hydrogens (tertiary/aromatic N) is 2. The molecule has 0 radical (unpaired) electrons. The van der Waals surface area contributed by atoms with Crippen molar-refractivity contribution in [1.82, 2.24) is 5.01 Å². The van der Waals surface area contributed by atoms with Gasteiger partial charge in [-0.2, -0.15) is 5.10 Å². The van der Waals surface area contributed by atoms with Crippen LogP contribution in [0.5, 0.6) is 11.5 Å². The highest BCUT2D eigenvalue weighted by Crippen LogP contribution is 2.45. The molecule has 1 fully saturated rings. The molecule has 2 aromatic carbocycles. The lowest BCUT2D eigenvalue weighted by Crippen LogP contribution is -2.27. The molecular weight excluding hydrogens is 366 g/mol. The van der Waals surface area contributed by atoms with Crippen LogP contribution in [0.2, 0.25) is 0 Å². The fourth-order valence-corrected chi connectivity index (χ4v) is 4.27. The third-order valence-electron chi connectivity index (χ3n) is 4.39. The maximum absolute atomic E-state index is 12.5. The van der Waals surface area contributed by atoms with E-state index in [0.717, 1.165) is 5.56 Å². The van der Waals surface area contributed by atoms with Crippen LogP contribution in [0.3, 0.4) is 0 Å². The summed E-state index contributed by atoms with van der Waals surface area (Å²) in [4.78, 5) is 24.9. The first-order valence-electron chi connectivity index (χ1n) is 8.28. The third kappa shape index (κ3) is 2.91. The molecule has 1 atom stereocenters. The Bertz CT molecular complexity index is 960. The van der Waals surface area contributed by atoms with Gasteiger partial charge in [0.25, 0.3) is 11.8 Å². The van der Waals surface area contributed by atoms with Gasteiger partial charge in [0.1, 0.15) is 5.37 Å². The van der Waals surface area contributed by atoms with Gasteiger partial charge in [-0.1, -0.05) is 30.3 Å². The van der Waals surface area contributed by atoms with E-state index in [2.05, 4.69) is 10.4 Å². The number of fused-ring (bicyclic) bond motifs is 1. The largest absolute Gasteiger partial charge is 0.493 e. The van der Waals surface area contributed by atoms with Gasteiger partial charge in [-0.15, -0.1) is 11.8 Å². The first-order chi connectivity index (χ1) is 13.1. The number of thioether (sulfide) groups is 1. The van der Waals surface area contributed by atoms with E-state index in [1.54, 1.807) is 32.4 Å². The second-order valence-electron chi connectivity index (χ2n) is 5.93. The van der Waals surface area contributed by atoms with Crippen LogP contribution in [0.25, 0.3) is 0 Å². The van der Waals surface area contributed by atoms with Gasteiger partial charge in [0.2, 0.25) is 0 Å². The molecule has 2 aliphatic heterocycles. The van der Waals surface area contributed by atoms with E-state index in [4.69, 9.17) is 9.47 Å². The Kier molecular flexibility index (Phi) is 4.49. The zero-order chi connectivity index (χ0) is 19.0. The second-order valence-corrected chi connectivity index (χ2v) is 7.00. The van der Waals surface area contributed by atoms with Crippen LogP contribution >= 0.6 is 11.8 Å². The van der Waals surface area contributed by atoms with Gasteiger partial charge >= 0.3 is 0 Å². The Morgan fingerprint density at radius 2 is 1.93 bits per heavy atom. The number of anilines is 1. The van der Waals surface area contributed by atoms with Crippen LogP contribution in [-0.4, -0.2) is 42.5 Å². The Morgan fingerprint density at radius 1 is 1.11 bits per heavy atom. The average Bonchev–Trinajstić information content (AvgIpc) is 3.21. The van der Waals surface area contributed by atoms with E-state index in [9.17, 15) is 9.59 Å². The van der Waals surface area contributed by atoms with Crippen LogP contribution in [0.1, 0.15) is 16.5 Å². The standard InChI is InChI=1S/C19H17N3O4S/c1-25-14-9-5-7-12(17(14)26-2)19-22(15(23)10-27-19)21-16-11-6-3-4-8-13(11)20-18(16)24/h3-9,19H,10H2,1-2H3,(H,20,21,24). The quantitative estimate of drug-likeness (QED) is 0.878. The van der Waals surface area contributed by atoms with Crippen LogP contribution in [-0.2, 0) is 9.59 Å². The minimum absolute atomic E-state index is 0.167. The van der Waals surface area contributed by atoms with Crippen molar-refractivity contribution in [2.45, 2.75) is 5.37 Å². The lowest BCUT2D eigenvalue weighted by molar-refractivity contribution is -0.128. The molecule has 2 amide bonds. The smallest absolute Gasteiger partial charge is 0.276 e. The van der Waals surface area contributed by atoms with Gasteiger partial charge in [-0.25, -0.2) is 5.01 Å².